The van der Waals surface area contributed by atoms with E-state index in [-0.39, 0.29) is 28.4 Å². The number of rotatable bonds is 4. The van der Waals surface area contributed by atoms with Crippen molar-refractivity contribution in [3.05, 3.63) is 33.9 Å². The molecule has 0 bridgehead atoms. The van der Waals surface area contributed by atoms with Gasteiger partial charge in [-0.2, -0.15) is 0 Å². The first-order valence-corrected chi connectivity index (χ1v) is 8.94. The molecule has 0 radical (unpaired) electrons. The number of nitro benzene ring substituents is 1. The molecule has 0 N–H and O–H groups in total. The lowest BCUT2D eigenvalue weighted by Gasteiger charge is -2.32. The fourth-order valence-electron chi connectivity index (χ4n) is 2.69. The average molecular weight is 351 g/mol. The first kappa shape index (κ1) is 18.7. The second-order valence-corrected chi connectivity index (χ2v) is 8.03. The largest absolute Gasteiger partial charge is 0.371 e. The van der Waals surface area contributed by atoms with E-state index in [9.17, 15) is 10.1 Å². The summed E-state index contributed by atoms with van der Waals surface area (Å²) in [5, 5.41) is 11.8. The fourth-order valence-corrected chi connectivity index (χ4v) is 4.01. The molecule has 0 aliphatic carbocycles. The summed E-state index contributed by atoms with van der Waals surface area (Å²) >= 11 is 1.69. The summed E-state index contributed by atoms with van der Waals surface area (Å²) in [7, 11) is 2.02. The van der Waals surface area contributed by atoms with E-state index in [1.165, 1.54) is 6.07 Å². The van der Waals surface area contributed by atoms with Crippen LogP contribution in [0.25, 0.3) is 0 Å². The number of hydrogen-bond donors (Lipinski definition) is 0. The van der Waals surface area contributed by atoms with Crippen molar-refractivity contribution in [2.45, 2.75) is 52.4 Å². The smallest absolute Gasteiger partial charge is 0.269 e. The van der Waals surface area contributed by atoms with Crippen LogP contribution in [0.3, 0.4) is 0 Å². The Hall–Kier alpha value is -1.60. The number of aryl methyl sites for hydroxylation is 1. The van der Waals surface area contributed by atoms with E-state index in [2.05, 4.69) is 32.6 Å². The Morgan fingerprint density at radius 2 is 2.12 bits per heavy atom. The number of aliphatic imine (C=N–C) groups is 1. The molecule has 0 unspecified atom stereocenters. The highest BCUT2D eigenvalue weighted by molar-refractivity contribution is 8.14. The van der Waals surface area contributed by atoms with Gasteiger partial charge in [0.05, 0.1) is 28.4 Å². The van der Waals surface area contributed by atoms with Crippen LogP contribution in [0.15, 0.2) is 23.2 Å². The third-order valence-electron chi connectivity index (χ3n) is 3.87. The molecule has 0 spiro atoms. The molecule has 2 rings (SSSR count). The Kier molecular flexibility index (Phi) is 5.55. The van der Waals surface area contributed by atoms with Gasteiger partial charge < -0.3 is 9.64 Å². The zero-order valence-corrected chi connectivity index (χ0v) is 15.9. The fraction of sp³-hybridized carbons (Fsp3) is 0.588. The number of amidine groups is 1. The van der Waals surface area contributed by atoms with E-state index >= 15 is 0 Å². The summed E-state index contributed by atoms with van der Waals surface area (Å²) < 4.78 is 6.07. The molecule has 7 heteroatoms. The van der Waals surface area contributed by atoms with Gasteiger partial charge in [-0.25, -0.2) is 4.99 Å². The average Bonchev–Trinajstić information content (AvgIpc) is 2.80. The van der Waals surface area contributed by atoms with Crippen LogP contribution in [0.4, 0.5) is 11.4 Å². The van der Waals surface area contributed by atoms with E-state index in [4.69, 9.17) is 9.73 Å². The first-order chi connectivity index (χ1) is 11.1. The first-order valence-electron chi connectivity index (χ1n) is 7.95. The van der Waals surface area contributed by atoms with Crippen LogP contribution in [0, 0.1) is 17.0 Å². The number of benzene rings is 1. The Balaban J connectivity index is 2.16. The molecule has 6 nitrogen and oxygen atoms in total. The van der Waals surface area contributed by atoms with Gasteiger partial charge in [0, 0.05) is 24.9 Å². The number of thioether (sulfide) groups is 1. The highest BCUT2D eigenvalue weighted by atomic mass is 32.2. The molecule has 132 valence electrons. The second kappa shape index (κ2) is 7.11. The van der Waals surface area contributed by atoms with Gasteiger partial charge in [-0.05, 0) is 46.2 Å². The van der Waals surface area contributed by atoms with Gasteiger partial charge in [0.15, 0.2) is 5.17 Å². The van der Waals surface area contributed by atoms with Crippen LogP contribution in [0.5, 0.6) is 0 Å². The molecule has 1 fully saturated rings. The number of nitrogens with zero attached hydrogens (tertiary/aromatic N) is 3. The number of hydrogen-bond acceptors (Lipinski definition) is 5. The summed E-state index contributed by atoms with van der Waals surface area (Å²) in [5.41, 5.74) is 1.47. The van der Waals surface area contributed by atoms with Gasteiger partial charge in [0.25, 0.3) is 5.69 Å². The van der Waals surface area contributed by atoms with Crippen molar-refractivity contribution in [3.8, 4) is 0 Å². The second-order valence-electron chi connectivity index (χ2n) is 7.05. The number of nitro groups is 1. The Labute approximate surface area is 147 Å². The molecule has 0 saturated carbocycles. The van der Waals surface area contributed by atoms with E-state index in [1.807, 2.05) is 14.0 Å². The minimum atomic E-state index is -0.387. The summed E-state index contributed by atoms with van der Waals surface area (Å²) in [5.74, 6) is 0.915. The number of ether oxygens (including phenoxy) is 1. The molecule has 0 amide bonds. The third kappa shape index (κ3) is 4.48. The molecule has 1 saturated heterocycles. The lowest BCUT2D eigenvalue weighted by Crippen LogP contribution is -2.42. The van der Waals surface area contributed by atoms with E-state index < -0.39 is 0 Å². The monoisotopic (exact) mass is 351 g/mol. The zero-order valence-electron chi connectivity index (χ0n) is 15.1. The summed E-state index contributed by atoms with van der Waals surface area (Å²) in [4.78, 5) is 17.3. The zero-order chi connectivity index (χ0) is 18.1. The predicted octanol–water partition coefficient (Wildman–Crippen LogP) is 4.14. The summed E-state index contributed by atoms with van der Waals surface area (Å²) in [6.07, 6.45) is 0.0909. The van der Waals surface area contributed by atoms with Crippen molar-refractivity contribution in [1.29, 1.82) is 0 Å². The maximum Gasteiger partial charge on any atom is 0.269 e. The Bertz CT molecular complexity index is 655. The van der Waals surface area contributed by atoms with Crippen LogP contribution >= 0.6 is 11.8 Å². The molecule has 1 heterocycles. The molecule has 1 aromatic carbocycles. The minimum Gasteiger partial charge on any atom is -0.371 e. The van der Waals surface area contributed by atoms with E-state index in [1.54, 1.807) is 23.9 Å². The SMILES string of the molecule is Cc1cc([N+](=O)[O-])ccc1N=C1SC[C@H]([C@H](C)OC(C)(C)C)N1C. The molecular formula is C17H25N3O3S. The van der Waals surface area contributed by atoms with E-state index in [0.717, 1.165) is 22.2 Å². The molecule has 1 aliphatic rings. The van der Waals surface area contributed by atoms with E-state index in [0.29, 0.717) is 0 Å². The van der Waals surface area contributed by atoms with Crippen LogP contribution < -0.4 is 0 Å². The molecule has 24 heavy (non-hydrogen) atoms. The maximum atomic E-state index is 10.8. The Morgan fingerprint density at radius 3 is 2.67 bits per heavy atom. The van der Waals surface area contributed by atoms with Crippen LogP contribution in [0.2, 0.25) is 0 Å². The molecule has 1 aliphatic heterocycles. The lowest BCUT2D eigenvalue weighted by molar-refractivity contribution is -0.384. The van der Waals surface area contributed by atoms with Crippen molar-refractivity contribution >= 4 is 28.3 Å². The quantitative estimate of drug-likeness (QED) is 0.602. The molecule has 1 aromatic rings. The van der Waals surface area contributed by atoms with Gasteiger partial charge >= 0.3 is 0 Å². The maximum absolute atomic E-state index is 10.8. The lowest BCUT2D eigenvalue weighted by atomic mass is 10.1. The summed E-state index contributed by atoms with van der Waals surface area (Å²) in [6, 6.07) is 5.01. The van der Waals surface area contributed by atoms with Crippen molar-refractivity contribution in [1.82, 2.24) is 4.90 Å². The highest BCUT2D eigenvalue weighted by Gasteiger charge is 2.34. The molecule has 0 aromatic heterocycles. The predicted molar refractivity (Wildman–Crippen MR) is 99.2 cm³/mol. The number of likely N-dealkylation sites (N-methyl/N-ethyl adjacent to an activating group) is 1. The normalized spacial score (nSPS) is 21.3. The standard InChI is InChI=1S/C17H25N3O3S/c1-11-9-13(20(21)22)7-8-14(11)18-16-19(6)15(10-24-16)12(2)23-17(3,4)5/h7-9,12,15H,10H2,1-6H3/t12-,15+/m0/s1. The van der Waals surface area contributed by atoms with Gasteiger partial charge in [0.1, 0.15) is 0 Å². The van der Waals surface area contributed by atoms with Gasteiger partial charge in [-0.15, -0.1) is 0 Å². The summed E-state index contributed by atoms with van der Waals surface area (Å²) in [6.45, 7) is 10.1. The molecule has 2 atom stereocenters. The van der Waals surface area contributed by atoms with Crippen molar-refractivity contribution in [2.75, 3.05) is 12.8 Å². The molecular weight excluding hydrogens is 326 g/mol. The van der Waals surface area contributed by atoms with Crippen molar-refractivity contribution < 1.29 is 9.66 Å². The van der Waals surface area contributed by atoms with Gasteiger partial charge in [-0.1, -0.05) is 11.8 Å². The van der Waals surface area contributed by atoms with Gasteiger partial charge in [-0.3, -0.25) is 10.1 Å². The minimum absolute atomic E-state index is 0.0909. The Morgan fingerprint density at radius 1 is 1.46 bits per heavy atom. The van der Waals surface area contributed by atoms with Crippen LogP contribution in [-0.2, 0) is 4.74 Å². The van der Waals surface area contributed by atoms with Crippen molar-refractivity contribution in [2.24, 2.45) is 4.99 Å². The topological polar surface area (TPSA) is 68.0 Å². The number of non-ortho nitro benzene ring substituents is 1. The van der Waals surface area contributed by atoms with Gasteiger partial charge in [0.2, 0.25) is 0 Å². The van der Waals surface area contributed by atoms with Crippen LogP contribution in [-0.4, -0.2) is 45.5 Å². The highest BCUT2D eigenvalue weighted by Crippen LogP contribution is 2.31. The van der Waals surface area contributed by atoms with Crippen molar-refractivity contribution in [3.63, 3.8) is 0 Å². The third-order valence-corrected chi connectivity index (χ3v) is 5.02. The van der Waals surface area contributed by atoms with Crippen LogP contribution in [0.1, 0.15) is 33.3 Å².